The van der Waals surface area contributed by atoms with Crippen LogP contribution in [0.5, 0.6) is 0 Å². The molecule has 0 aromatic heterocycles. The summed E-state index contributed by atoms with van der Waals surface area (Å²) >= 11 is 0. The number of unbranched alkanes of at least 4 members (excludes halogenated alkanes) is 1. The van der Waals surface area contributed by atoms with Gasteiger partial charge < -0.3 is 21.5 Å². The number of nitrogens with two attached hydrogens (primary N) is 2. The summed E-state index contributed by atoms with van der Waals surface area (Å²) in [4.78, 5) is 34.4. The van der Waals surface area contributed by atoms with Gasteiger partial charge in [-0.25, -0.2) is 0 Å². The van der Waals surface area contributed by atoms with Gasteiger partial charge in [-0.3, -0.25) is 14.4 Å². The summed E-state index contributed by atoms with van der Waals surface area (Å²) in [5, 5.41) is 2.53. The summed E-state index contributed by atoms with van der Waals surface area (Å²) in [5.74, 6) is -1.42. The van der Waals surface area contributed by atoms with Gasteiger partial charge in [0.25, 0.3) is 0 Å². The first-order chi connectivity index (χ1) is 9.65. The Balaban J connectivity index is 4.14. The fraction of sp³-hybridized carbons (Fsp3) is 0.786. The topological polar surface area (TPSA) is 125 Å². The van der Waals surface area contributed by atoms with Crippen LogP contribution < -0.4 is 16.8 Å². The van der Waals surface area contributed by atoms with Crippen molar-refractivity contribution in [1.29, 1.82) is 0 Å². The quantitative estimate of drug-likeness (QED) is 0.414. The van der Waals surface area contributed by atoms with Crippen molar-refractivity contribution < 1.29 is 19.1 Å². The molecular weight excluding hydrogens is 274 g/mol. The van der Waals surface area contributed by atoms with Crippen LogP contribution in [-0.2, 0) is 19.1 Å². The van der Waals surface area contributed by atoms with Gasteiger partial charge in [-0.1, -0.05) is 0 Å². The normalized spacial score (nSPS) is 12.6. The minimum Gasteiger partial charge on any atom is -0.460 e. The maximum Gasteiger partial charge on any atom is 0.306 e. The summed E-state index contributed by atoms with van der Waals surface area (Å²) in [6.45, 7) is 5.79. The molecule has 122 valence electrons. The number of ether oxygens (including phenoxy) is 1. The van der Waals surface area contributed by atoms with E-state index in [2.05, 4.69) is 5.32 Å². The van der Waals surface area contributed by atoms with Crippen molar-refractivity contribution in [1.82, 2.24) is 5.32 Å². The van der Waals surface area contributed by atoms with E-state index in [1.165, 1.54) is 0 Å². The van der Waals surface area contributed by atoms with Crippen molar-refractivity contribution in [3.8, 4) is 0 Å². The number of carbonyl (C=O) groups excluding carboxylic acids is 3. The molecular formula is C14H27N3O4. The molecule has 0 aliphatic rings. The molecule has 7 nitrogen and oxygen atoms in total. The molecule has 21 heavy (non-hydrogen) atoms. The molecule has 1 atom stereocenters. The number of carbonyl (C=O) groups is 3. The van der Waals surface area contributed by atoms with Gasteiger partial charge >= 0.3 is 5.97 Å². The zero-order valence-corrected chi connectivity index (χ0v) is 13.1. The number of nitrogens with one attached hydrogen (secondary N) is 1. The van der Waals surface area contributed by atoms with Gasteiger partial charge in [0.1, 0.15) is 11.6 Å². The maximum atomic E-state index is 11.7. The second-order valence-electron chi connectivity index (χ2n) is 5.89. The molecule has 0 unspecified atom stereocenters. The SMILES string of the molecule is CC(C)(C)OC(=O)CCC(=O)N[C@@H](CCCCN)C(N)=O. The highest BCUT2D eigenvalue weighted by molar-refractivity contribution is 5.87. The molecule has 0 saturated carbocycles. The van der Waals surface area contributed by atoms with Crippen LogP contribution in [0.4, 0.5) is 0 Å². The third-order valence-electron chi connectivity index (χ3n) is 2.60. The van der Waals surface area contributed by atoms with Crippen molar-refractivity contribution in [2.75, 3.05) is 6.54 Å². The predicted octanol–water partition coefficient (Wildman–Crippen LogP) is 0.207. The van der Waals surface area contributed by atoms with Gasteiger partial charge in [0.15, 0.2) is 0 Å². The second kappa shape index (κ2) is 9.33. The summed E-state index contributed by atoms with van der Waals surface area (Å²) < 4.78 is 5.10. The number of amides is 2. The van der Waals surface area contributed by atoms with Gasteiger partial charge in [-0.15, -0.1) is 0 Å². The first-order valence-corrected chi connectivity index (χ1v) is 7.16. The van der Waals surface area contributed by atoms with Crippen LogP contribution in [0.3, 0.4) is 0 Å². The van der Waals surface area contributed by atoms with E-state index in [1.54, 1.807) is 20.8 Å². The largest absolute Gasteiger partial charge is 0.460 e. The highest BCUT2D eigenvalue weighted by Gasteiger charge is 2.20. The molecule has 0 aromatic rings. The number of esters is 1. The van der Waals surface area contributed by atoms with Gasteiger partial charge in [-0.05, 0) is 46.6 Å². The summed E-state index contributed by atoms with van der Waals surface area (Å²) in [6, 6.07) is -0.720. The zero-order valence-electron chi connectivity index (χ0n) is 13.1. The lowest BCUT2D eigenvalue weighted by molar-refractivity contribution is -0.155. The van der Waals surface area contributed by atoms with E-state index >= 15 is 0 Å². The molecule has 0 aliphatic heterocycles. The second-order valence-corrected chi connectivity index (χ2v) is 5.89. The van der Waals surface area contributed by atoms with Crippen LogP contribution in [0, 0.1) is 0 Å². The molecule has 0 aliphatic carbocycles. The van der Waals surface area contributed by atoms with Crippen LogP contribution in [0.15, 0.2) is 0 Å². The van der Waals surface area contributed by atoms with E-state index in [0.29, 0.717) is 19.4 Å². The van der Waals surface area contributed by atoms with Gasteiger partial charge in [0, 0.05) is 6.42 Å². The van der Waals surface area contributed by atoms with E-state index < -0.39 is 29.4 Å². The Hall–Kier alpha value is -1.63. The lowest BCUT2D eigenvalue weighted by atomic mass is 10.1. The van der Waals surface area contributed by atoms with Gasteiger partial charge in [0.05, 0.1) is 6.42 Å². The Kier molecular flexibility index (Phi) is 8.61. The van der Waals surface area contributed by atoms with Crippen LogP contribution in [0.2, 0.25) is 0 Å². The van der Waals surface area contributed by atoms with Crippen LogP contribution in [0.25, 0.3) is 0 Å². The highest BCUT2D eigenvalue weighted by Crippen LogP contribution is 2.09. The Morgan fingerprint density at radius 3 is 2.24 bits per heavy atom. The number of hydrogen-bond donors (Lipinski definition) is 3. The zero-order chi connectivity index (χ0) is 16.5. The highest BCUT2D eigenvalue weighted by atomic mass is 16.6. The molecule has 0 saturated heterocycles. The Morgan fingerprint density at radius 2 is 1.76 bits per heavy atom. The first kappa shape index (κ1) is 19.4. The summed E-state index contributed by atoms with van der Waals surface area (Å²) in [7, 11) is 0. The lowest BCUT2D eigenvalue weighted by Crippen LogP contribution is -2.44. The van der Waals surface area contributed by atoms with Crippen molar-refractivity contribution in [3.63, 3.8) is 0 Å². The van der Waals surface area contributed by atoms with Crippen molar-refractivity contribution in [2.45, 2.75) is 64.5 Å². The lowest BCUT2D eigenvalue weighted by Gasteiger charge is -2.19. The smallest absolute Gasteiger partial charge is 0.306 e. The summed E-state index contributed by atoms with van der Waals surface area (Å²) in [6.07, 6.45) is 1.85. The molecule has 0 radical (unpaired) electrons. The molecule has 2 amide bonds. The minimum atomic E-state index is -0.720. The monoisotopic (exact) mass is 301 g/mol. The average molecular weight is 301 g/mol. The van der Waals surface area contributed by atoms with E-state index in [1.807, 2.05) is 0 Å². The minimum absolute atomic E-state index is 0.0304. The molecule has 0 aromatic carbocycles. The molecule has 7 heteroatoms. The standard InChI is InChI=1S/C14H27N3O4/c1-14(2,3)21-12(19)8-7-11(18)17-10(13(16)20)6-4-5-9-15/h10H,4-9,15H2,1-3H3,(H2,16,20)(H,17,18)/t10-/m0/s1. The van der Waals surface area contributed by atoms with E-state index in [4.69, 9.17) is 16.2 Å². The molecule has 0 spiro atoms. The first-order valence-electron chi connectivity index (χ1n) is 7.16. The average Bonchev–Trinajstić information content (AvgIpc) is 2.33. The fourth-order valence-electron chi connectivity index (χ4n) is 1.65. The van der Waals surface area contributed by atoms with Crippen LogP contribution in [-0.4, -0.2) is 36.0 Å². The van der Waals surface area contributed by atoms with E-state index in [0.717, 1.165) is 6.42 Å². The van der Waals surface area contributed by atoms with Crippen LogP contribution in [0.1, 0.15) is 52.9 Å². The Bertz CT molecular complexity index is 364. The van der Waals surface area contributed by atoms with Gasteiger partial charge in [0.2, 0.25) is 11.8 Å². The van der Waals surface area contributed by atoms with E-state index in [-0.39, 0.29) is 12.8 Å². The Labute approximate surface area is 125 Å². The molecule has 0 rings (SSSR count). The summed E-state index contributed by atoms with van der Waals surface area (Å²) in [5.41, 5.74) is 10.0. The molecule has 0 fully saturated rings. The van der Waals surface area contributed by atoms with Crippen molar-refractivity contribution >= 4 is 17.8 Å². The van der Waals surface area contributed by atoms with E-state index in [9.17, 15) is 14.4 Å². The molecule has 0 bridgehead atoms. The van der Waals surface area contributed by atoms with Gasteiger partial charge in [-0.2, -0.15) is 0 Å². The molecule has 5 N–H and O–H groups in total. The van der Waals surface area contributed by atoms with Crippen LogP contribution >= 0.6 is 0 Å². The predicted molar refractivity (Wildman–Crippen MR) is 79.1 cm³/mol. The fourth-order valence-corrected chi connectivity index (χ4v) is 1.65. The third-order valence-corrected chi connectivity index (χ3v) is 2.60. The van der Waals surface area contributed by atoms with Crippen molar-refractivity contribution in [3.05, 3.63) is 0 Å². The third kappa shape index (κ3) is 10.8. The molecule has 0 heterocycles. The van der Waals surface area contributed by atoms with Crippen molar-refractivity contribution in [2.24, 2.45) is 11.5 Å². The Morgan fingerprint density at radius 1 is 1.14 bits per heavy atom. The maximum absolute atomic E-state index is 11.7. The number of rotatable bonds is 9. The number of hydrogen-bond acceptors (Lipinski definition) is 5. The number of primary amides is 1.